The molecule has 9 heteroatoms. The zero-order valence-corrected chi connectivity index (χ0v) is 6.90. The minimum atomic E-state index is -4.88. The highest BCUT2D eigenvalue weighted by Crippen LogP contribution is 2.23. The van der Waals surface area contributed by atoms with E-state index in [1.807, 2.05) is 0 Å². The highest BCUT2D eigenvalue weighted by atomic mass is 32.3. The fourth-order valence-electron chi connectivity index (χ4n) is 0.470. The van der Waals surface area contributed by atoms with Gasteiger partial charge in [-0.1, -0.05) is 0 Å². The van der Waals surface area contributed by atoms with Crippen molar-refractivity contribution in [1.29, 1.82) is 0 Å². The standard InChI is InChI=1S/C4H6F4O4S/c5-3(1-4(6,7)8)2-12-13(9,10)11/h3H,1-2H2,(H,9,10,11). The smallest absolute Gasteiger partial charge is 0.264 e. The van der Waals surface area contributed by atoms with Gasteiger partial charge in [-0.25, -0.2) is 8.57 Å². The van der Waals surface area contributed by atoms with Gasteiger partial charge >= 0.3 is 16.6 Å². The molecule has 0 amide bonds. The van der Waals surface area contributed by atoms with E-state index in [9.17, 15) is 26.0 Å². The van der Waals surface area contributed by atoms with Gasteiger partial charge in [0.15, 0.2) is 0 Å². The Morgan fingerprint density at radius 2 is 1.85 bits per heavy atom. The molecule has 0 aromatic rings. The van der Waals surface area contributed by atoms with E-state index in [2.05, 4.69) is 4.18 Å². The molecule has 1 atom stereocenters. The number of alkyl halides is 4. The zero-order valence-electron chi connectivity index (χ0n) is 6.08. The van der Waals surface area contributed by atoms with Gasteiger partial charge in [0.05, 0.1) is 6.42 Å². The normalized spacial score (nSPS) is 15.8. The van der Waals surface area contributed by atoms with Gasteiger partial charge < -0.3 is 0 Å². The van der Waals surface area contributed by atoms with Crippen LogP contribution in [0, 0.1) is 0 Å². The molecule has 0 spiro atoms. The molecular formula is C4H6F4O4S. The third kappa shape index (κ3) is 9.50. The second kappa shape index (κ2) is 4.20. The van der Waals surface area contributed by atoms with Gasteiger partial charge in [-0.05, 0) is 0 Å². The van der Waals surface area contributed by atoms with Crippen LogP contribution < -0.4 is 0 Å². The lowest BCUT2D eigenvalue weighted by molar-refractivity contribution is -0.148. The number of hydrogen-bond donors (Lipinski definition) is 1. The summed E-state index contributed by atoms with van der Waals surface area (Å²) in [5.41, 5.74) is 0. The van der Waals surface area contributed by atoms with Gasteiger partial charge in [0.2, 0.25) is 0 Å². The Morgan fingerprint density at radius 1 is 1.38 bits per heavy atom. The fourth-order valence-corrected chi connectivity index (χ4v) is 0.790. The van der Waals surface area contributed by atoms with Crippen LogP contribution in [0.4, 0.5) is 17.6 Å². The predicted octanol–water partition coefficient (Wildman–Crippen LogP) is 1.10. The first-order chi connectivity index (χ1) is 5.60. The molecule has 0 saturated heterocycles. The van der Waals surface area contributed by atoms with E-state index in [0.29, 0.717) is 0 Å². The Hall–Kier alpha value is -0.410. The summed E-state index contributed by atoms with van der Waals surface area (Å²) in [7, 11) is -4.88. The van der Waals surface area contributed by atoms with E-state index in [-0.39, 0.29) is 0 Å². The molecule has 0 bridgehead atoms. The molecule has 0 heterocycles. The Balaban J connectivity index is 3.84. The lowest BCUT2D eigenvalue weighted by Gasteiger charge is -2.09. The first kappa shape index (κ1) is 12.6. The molecule has 0 aliphatic rings. The van der Waals surface area contributed by atoms with Gasteiger partial charge in [0, 0.05) is 0 Å². The molecule has 0 radical (unpaired) electrons. The molecule has 0 saturated carbocycles. The van der Waals surface area contributed by atoms with E-state index in [0.717, 1.165) is 0 Å². The minimum Gasteiger partial charge on any atom is -0.264 e. The summed E-state index contributed by atoms with van der Waals surface area (Å²) in [6, 6.07) is 0. The summed E-state index contributed by atoms with van der Waals surface area (Å²) in [6.45, 7) is -1.35. The van der Waals surface area contributed by atoms with Crippen LogP contribution in [0.3, 0.4) is 0 Å². The Labute approximate surface area is 71.4 Å². The third-order valence-corrected chi connectivity index (χ3v) is 1.28. The molecule has 1 unspecified atom stereocenters. The summed E-state index contributed by atoms with van der Waals surface area (Å²) >= 11 is 0. The lowest BCUT2D eigenvalue weighted by atomic mass is 10.3. The van der Waals surface area contributed by atoms with Gasteiger partial charge in [0.1, 0.15) is 12.8 Å². The summed E-state index contributed by atoms with van der Waals surface area (Å²) < 4.78 is 77.3. The maximum Gasteiger partial charge on any atom is 0.397 e. The molecule has 1 N–H and O–H groups in total. The molecule has 0 aromatic heterocycles. The second-order valence-corrected chi connectivity index (χ2v) is 3.22. The van der Waals surface area contributed by atoms with Gasteiger partial charge in [-0.15, -0.1) is 0 Å². The first-order valence-electron chi connectivity index (χ1n) is 2.93. The second-order valence-electron chi connectivity index (χ2n) is 2.13. The SMILES string of the molecule is O=S(=O)(O)OCC(F)CC(F)(F)F. The highest BCUT2D eigenvalue weighted by Gasteiger charge is 2.32. The topological polar surface area (TPSA) is 63.6 Å². The summed E-state index contributed by atoms with van der Waals surface area (Å²) in [6.07, 6.45) is -9.06. The first-order valence-corrected chi connectivity index (χ1v) is 4.29. The predicted molar refractivity (Wildman–Crippen MR) is 33.1 cm³/mol. The van der Waals surface area contributed by atoms with Crippen LogP contribution in [-0.2, 0) is 14.6 Å². The average molecular weight is 226 g/mol. The van der Waals surface area contributed by atoms with Crippen molar-refractivity contribution in [3.05, 3.63) is 0 Å². The molecule has 0 aliphatic carbocycles. The van der Waals surface area contributed by atoms with E-state index in [1.165, 1.54) is 0 Å². The lowest BCUT2D eigenvalue weighted by Crippen LogP contribution is -2.21. The van der Waals surface area contributed by atoms with Crippen LogP contribution in [0.15, 0.2) is 0 Å². The Morgan fingerprint density at radius 3 is 2.15 bits per heavy atom. The summed E-state index contributed by atoms with van der Waals surface area (Å²) in [5, 5.41) is 0. The van der Waals surface area contributed by atoms with E-state index in [4.69, 9.17) is 4.55 Å². The Kier molecular flexibility index (Phi) is 4.07. The van der Waals surface area contributed by atoms with Gasteiger partial charge in [-0.3, -0.25) is 4.55 Å². The van der Waals surface area contributed by atoms with Crippen LogP contribution >= 0.6 is 0 Å². The average Bonchev–Trinajstić information content (AvgIpc) is 1.78. The molecular weight excluding hydrogens is 220 g/mol. The van der Waals surface area contributed by atoms with Crippen molar-refractivity contribution in [3.63, 3.8) is 0 Å². The van der Waals surface area contributed by atoms with E-state index >= 15 is 0 Å². The Bertz CT molecular complexity index is 245. The largest absolute Gasteiger partial charge is 0.397 e. The van der Waals surface area contributed by atoms with Crippen molar-refractivity contribution in [1.82, 2.24) is 0 Å². The van der Waals surface area contributed by atoms with Crippen molar-refractivity contribution < 1.29 is 34.7 Å². The van der Waals surface area contributed by atoms with E-state index in [1.54, 1.807) is 0 Å². The van der Waals surface area contributed by atoms with Crippen LogP contribution in [0.5, 0.6) is 0 Å². The van der Waals surface area contributed by atoms with Crippen molar-refractivity contribution in [2.45, 2.75) is 18.8 Å². The van der Waals surface area contributed by atoms with Gasteiger partial charge in [0.25, 0.3) is 0 Å². The molecule has 13 heavy (non-hydrogen) atoms. The molecule has 0 aliphatic heterocycles. The molecule has 0 fully saturated rings. The van der Waals surface area contributed by atoms with Crippen LogP contribution in [0.25, 0.3) is 0 Å². The van der Waals surface area contributed by atoms with Crippen LogP contribution in [0.2, 0.25) is 0 Å². The van der Waals surface area contributed by atoms with Crippen molar-refractivity contribution in [3.8, 4) is 0 Å². The maximum atomic E-state index is 12.2. The minimum absolute atomic E-state index is 1.35. The van der Waals surface area contributed by atoms with Gasteiger partial charge in [-0.2, -0.15) is 21.6 Å². The van der Waals surface area contributed by atoms with E-state index < -0.39 is 35.8 Å². The monoisotopic (exact) mass is 226 g/mol. The third-order valence-electron chi connectivity index (χ3n) is 0.851. The summed E-state index contributed by atoms with van der Waals surface area (Å²) in [4.78, 5) is 0. The number of hydrogen-bond acceptors (Lipinski definition) is 3. The zero-order chi connectivity index (χ0) is 10.7. The molecule has 80 valence electrons. The van der Waals surface area contributed by atoms with Crippen molar-refractivity contribution >= 4 is 10.4 Å². The molecule has 0 rings (SSSR count). The number of rotatable bonds is 4. The van der Waals surface area contributed by atoms with Crippen LogP contribution in [-0.4, -0.2) is 31.9 Å². The van der Waals surface area contributed by atoms with Crippen molar-refractivity contribution in [2.24, 2.45) is 0 Å². The molecule has 4 nitrogen and oxygen atoms in total. The highest BCUT2D eigenvalue weighted by molar-refractivity contribution is 7.80. The maximum absolute atomic E-state index is 12.2. The summed E-state index contributed by atoms with van der Waals surface area (Å²) in [5.74, 6) is 0. The van der Waals surface area contributed by atoms with Crippen LogP contribution in [0.1, 0.15) is 6.42 Å². The quantitative estimate of drug-likeness (QED) is 0.575. The molecule has 0 aromatic carbocycles. The van der Waals surface area contributed by atoms with Crippen molar-refractivity contribution in [2.75, 3.05) is 6.61 Å². The number of halogens is 4. The fraction of sp³-hybridized carbons (Fsp3) is 1.00.